The summed E-state index contributed by atoms with van der Waals surface area (Å²) in [6, 6.07) is 16.6. The van der Waals surface area contributed by atoms with Gasteiger partial charge in [0.1, 0.15) is 5.82 Å². The van der Waals surface area contributed by atoms with Crippen LogP contribution in [0, 0.1) is 6.92 Å². The fraction of sp³-hybridized carbons (Fsp3) is 0.0588. The SMILES string of the molecule is Cc1ccc2[nH]c(-c3ccc4cc(Br)ccc4c3)nc2n1. The Morgan fingerprint density at radius 2 is 1.71 bits per heavy atom. The van der Waals surface area contributed by atoms with Gasteiger partial charge < -0.3 is 4.98 Å². The fourth-order valence-electron chi connectivity index (χ4n) is 2.49. The van der Waals surface area contributed by atoms with Crippen LogP contribution < -0.4 is 0 Å². The number of aromatic amines is 1. The van der Waals surface area contributed by atoms with Gasteiger partial charge in [0.05, 0.1) is 5.52 Å². The number of rotatable bonds is 1. The number of nitrogens with zero attached hydrogens (tertiary/aromatic N) is 2. The number of imidazole rings is 1. The second kappa shape index (κ2) is 4.67. The number of halogens is 1. The molecule has 0 aliphatic heterocycles. The molecule has 0 radical (unpaired) electrons. The Balaban J connectivity index is 1.89. The first-order valence-electron chi connectivity index (χ1n) is 6.72. The lowest BCUT2D eigenvalue weighted by atomic mass is 10.1. The van der Waals surface area contributed by atoms with Crippen LogP contribution in [0.5, 0.6) is 0 Å². The van der Waals surface area contributed by atoms with E-state index in [9.17, 15) is 0 Å². The van der Waals surface area contributed by atoms with Crippen LogP contribution >= 0.6 is 15.9 Å². The number of hydrogen-bond acceptors (Lipinski definition) is 2. The van der Waals surface area contributed by atoms with Gasteiger partial charge >= 0.3 is 0 Å². The standard InChI is InChI=1S/C17H12BrN3/c1-10-2-7-15-17(19-10)21-16(20-15)13-4-3-12-9-14(18)6-5-11(12)8-13/h2-9H,1H3,(H,19,20,21). The van der Waals surface area contributed by atoms with Crippen molar-refractivity contribution < 1.29 is 0 Å². The van der Waals surface area contributed by atoms with Crippen LogP contribution in [-0.4, -0.2) is 15.0 Å². The lowest BCUT2D eigenvalue weighted by Gasteiger charge is -2.01. The molecule has 0 saturated carbocycles. The second-order valence-electron chi connectivity index (χ2n) is 5.12. The minimum absolute atomic E-state index is 0.765. The fourth-order valence-corrected chi connectivity index (χ4v) is 2.87. The Morgan fingerprint density at radius 1 is 0.905 bits per heavy atom. The molecule has 4 rings (SSSR count). The van der Waals surface area contributed by atoms with Crippen LogP contribution in [0.25, 0.3) is 33.3 Å². The largest absolute Gasteiger partial charge is 0.337 e. The van der Waals surface area contributed by atoms with Gasteiger partial charge in [0.25, 0.3) is 0 Å². The predicted octanol–water partition coefficient (Wildman–Crippen LogP) is 4.85. The molecule has 0 aliphatic rings. The summed E-state index contributed by atoms with van der Waals surface area (Å²) < 4.78 is 1.09. The monoisotopic (exact) mass is 337 g/mol. The highest BCUT2D eigenvalue weighted by molar-refractivity contribution is 9.10. The van der Waals surface area contributed by atoms with E-state index in [-0.39, 0.29) is 0 Å². The summed E-state index contributed by atoms with van der Waals surface area (Å²) in [4.78, 5) is 12.4. The lowest BCUT2D eigenvalue weighted by molar-refractivity contribution is 1.22. The predicted molar refractivity (Wildman–Crippen MR) is 89.3 cm³/mol. The zero-order valence-corrected chi connectivity index (χ0v) is 13.0. The second-order valence-corrected chi connectivity index (χ2v) is 6.03. The van der Waals surface area contributed by atoms with Crippen molar-refractivity contribution in [1.82, 2.24) is 15.0 Å². The van der Waals surface area contributed by atoms with E-state index in [4.69, 9.17) is 0 Å². The third-order valence-corrected chi connectivity index (χ3v) is 4.05. The molecule has 2 heterocycles. The molecule has 21 heavy (non-hydrogen) atoms. The van der Waals surface area contributed by atoms with Crippen molar-refractivity contribution in [3.05, 3.63) is 58.7 Å². The van der Waals surface area contributed by atoms with Crippen molar-refractivity contribution in [3.63, 3.8) is 0 Å². The highest BCUT2D eigenvalue weighted by Crippen LogP contribution is 2.26. The number of H-pyrrole nitrogens is 1. The molecule has 0 aliphatic carbocycles. The molecule has 4 heteroatoms. The minimum Gasteiger partial charge on any atom is -0.337 e. The number of fused-ring (bicyclic) bond motifs is 2. The highest BCUT2D eigenvalue weighted by atomic mass is 79.9. The van der Waals surface area contributed by atoms with Crippen molar-refractivity contribution in [2.24, 2.45) is 0 Å². The number of aromatic nitrogens is 3. The van der Waals surface area contributed by atoms with Crippen molar-refractivity contribution >= 4 is 37.9 Å². The number of aryl methyl sites for hydroxylation is 1. The van der Waals surface area contributed by atoms with E-state index in [0.717, 1.165) is 32.7 Å². The van der Waals surface area contributed by atoms with Crippen molar-refractivity contribution in [3.8, 4) is 11.4 Å². The zero-order valence-electron chi connectivity index (χ0n) is 11.4. The summed E-state index contributed by atoms with van der Waals surface area (Å²) in [6.45, 7) is 1.97. The maximum Gasteiger partial charge on any atom is 0.178 e. The van der Waals surface area contributed by atoms with Gasteiger partial charge in [0, 0.05) is 15.7 Å². The Bertz CT molecular complexity index is 972. The van der Waals surface area contributed by atoms with Crippen LogP contribution in [0.3, 0.4) is 0 Å². The highest BCUT2D eigenvalue weighted by Gasteiger charge is 2.07. The van der Waals surface area contributed by atoms with Gasteiger partial charge in [-0.25, -0.2) is 9.97 Å². The molecule has 2 aromatic carbocycles. The summed E-state index contributed by atoms with van der Waals surface area (Å²) in [7, 11) is 0. The van der Waals surface area contributed by atoms with Gasteiger partial charge in [0.2, 0.25) is 0 Å². The number of pyridine rings is 1. The first-order valence-corrected chi connectivity index (χ1v) is 7.51. The zero-order chi connectivity index (χ0) is 14.4. The Kier molecular flexibility index (Phi) is 2.79. The third-order valence-electron chi connectivity index (χ3n) is 3.56. The van der Waals surface area contributed by atoms with Gasteiger partial charge in [0.15, 0.2) is 5.65 Å². The quantitative estimate of drug-likeness (QED) is 0.539. The molecule has 4 aromatic rings. The molecule has 0 bridgehead atoms. The minimum atomic E-state index is 0.765. The van der Waals surface area contributed by atoms with E-state index >= 15 is 0 Å². The molecule has 0 unspecified atom stereocenters. The molecule has 0 saturated heterocycles. The van der Waals surface area contributed by atoms with E-state index < -0.39 is 0 Å². The van der Waals surface area contributed by atoms with Gasteiger partial charge in [-0.1, -0.05) is 34.1 Å². The van der Waals surface area contributed by atoms with Gasteiger partial charge in [-0.3, -0.25) is 0 Å². The molecule has 102 valence electrons. The van der Waals surface area contributed by atoms with Gasteiger partial charge in [-0.15, -0.1) is 0 Å². The average molecular weight is 338 g/mol. The van der Waals surface area contributed by atoms with Crippen LogP contribution in [0.2, 0.25) is 0 Å². The molecule has 0 atom stereocenters. The van der Waals surface area contributed by atoms with Crippen LogP contribution in [0.4, 0.5) is 0 Å². The van der Waals surface area contributed by atoms with Crippen molar-refractivity contribution in [2.75, 3.05) is 0 Å². The number of hydrogen-bond donors (Lipinski definition) is 1. The van der Waals surface area contributed by atoms with Gasteiger partial charge in [-0.2, -0.15) is 0 Å². The molecule has 0 fully saturated rings. The summed E-state index contributed by atoms with van der Waals surface area (Å²) in [5, 5.41) is 2.40. The first kappa shape index (κ1) is 12.5. The number of nitrogens with one attached hydrogen (secondary N) is 1. The van der Waals surface area contributed by atoms with E-state index in [2.05, 4.69) is 67.3 Å². The van der Waals surface area contributed by atoms with E-state index in [1.165, 1.54) is 10.8 Å². The van der Waals surface area contributed by atoms with Crippen LogP contribution in [0.15, 0.2) is 53.0 Å². The molecular formula is C17H12BrN3. The average Bonchev–Trinajstić information content (AvgIpc) is 2.89. The first-order chi connectivity index (χ1) is 10.2. The molecule has 0 amide bonds. The Labute approximate surface area is 130 Å². The van der Waals surface area contributed by atoms with E-state index in [1.54, 1.807) is 0 Å². The normalized spacial score (nSPS) is 11.3. The van der Waals surface area contributed by atoms with E-state index in [0.29, 0.717) is 0 Å². The van der Waals surface area contributed by atoms with Crippen molar-refractivity contribution in [2.45, 2.75) is 6.92 Å². The maximum absolute atomic E-state index is 4.59. The van der Waals surface area contributed by atoms with Crippen LogP contribution in [-0.2, 0) is 0 Å². The Morgan fingerprint density at radius 3 is 2.62 bits per heavy atom. The van der Waals surface area contributed by atoms with Crippen molar-refractivity contribution in [1.29, 1.82) is 0 Å². The molecule has 1 N–H and O–H groups in total. The lowest BCUT2D eigenvalue weighted by Crippen LogP contribution is -1.82. The van der Waals surface area contributed by atoms with Gasteiger partial charge in [-0.05, 0) is 48.0 Å². The molecule has 3 nitrogen and oxygen atoms in total. The maximum atomic E-state index is 4.59. The summed E-state index contributed by atoms with van der Waals surface area (Å²) in [5.41, 5.74) is 3.77. The topological polar surface area (TPSA) is 41.6 Å². The number of benzene rings is 2. The molecule has 2 aromatic heterocycles. The molecular weight excluding hydrogens is 326 g/mol. The molecule has 0 spiro atoms. The summed E-state index contributed by atoms with van der Waals surface area (Å²) >= 11 is 3.50. The van der Waals surface area contributed by atoms with Crippen LogP contribution in [0.1, 0.15) is 5.69 Å². The smallest absolute Gasteiger partial charge is 0.178 e. The third kappa shape index (κ3) is 2.21. The summed E-state index contributed by atoms with van der Waals surface area (Å²) in [5.74, 6) is 0.855. The summed E-state index contributed by atoms with van der Waals surface area (Å²) in [6.07, 6.45) is 0. The van der Waals surface area contributed by atoms with E-state index in [1.807, 2.05) is 19.1 Å². The Hall–Kier alpha value is -2.20.